The molecule has 0 spiro atoms. The molecule has 4 aromatic rings. The third-order valence-corrected chi connectivity index (χ3v) is 4.78. The molecular weight excluding hydrogens is 292 g/mol. The van der Waals surface area contributed by atoms with Gasteiger partial charge in [0.25, 0.3) is 0 Å². The fourth-order valence-corrected chi connectivity index (χ4v) is 3.63. The molecule has 0 bridgehead atoms. The molecular formula is C23H16O. The Morgan fingerprint density at radius 3 is 2.29 bits per heavy atom. The summed E-state index contributed by atoms with van der Waals surface area (Å²) in [4.78, 5) is 0. The molecule has 5 rings (SSSR count). The van der Waals surface area contributed by atoms with Crippen molar-refractivity contribution in [3.63, 3.8) is 0 Å². The van der Waals surface area contributed by atoms with Crippen molar-refractivity contribution < 1.29 is 4.74 Å². The maximum Gasteiger partial charge on any atom is 0.135 e. The third-order valence-electron chi connectivity index (χ3n) is 4.78. The fourth-order valence-electron chi connectivity index (χ4n) is 3.63. The number of ether oxygens (including phenoxy) is 1. The predicted molar refractivity (Wildman–Crippen MR) is 98.7 cm³/mol. The topological polar surface area (TPSA) is 9.23 Å². The third kappa shape index (κ3) is 2.02. The lowest BCUT2D eigenvalue weighted by Gasteiger charge is -2.12. The lowest BCUT2D eigenvalue weighted by atomic mass is 10.1. The fraction of sp³-hybridized carbons (Fsp3) is 0.0435. The van der Waals surface area contributed by atoms with E-state index in [-0.39, 0.29) is 0 Å². The average molecular weight is 308 g/mol. The van der Waals surface area contributed by atoms with E-state index in [1.807, 2.05) is 6.07 Å². The Labute approximate surface area is 141 Å². The van der Waals surface area contributed by atoms with Crippen molar-refractivity contribution in [2.45, 2.75) is 6.42 Å². The molecule has 114 valence electrons. The van der Waals surface area contributed by atoms with E-state index in [1.165, 1.54) is 27.6 Å². The molecule has 0 atom stereocenters. The first kappa shape index (κ1) is 13.4. The minimum Gasteiger partial charge on any atom is -0.456 e. The Balaban J connectivity index is 1.62. The molecule has 0 amide bonds. The Morgan fingerprint density at radius 2 is 1.29 bits per heavy atom. The monoisotopic (exact) mass is 308 g/mol. The second-order valence-electron chi connectivity index (χ2n) is 6.20. The number of hydrogen-bond donors (Lipinski definition) is 0. The smallest absolute Gasteiger partial charge is 0.135 e. The Morgan fingerprint density at radius 1 is 0.583 bits per heavy atom. The molecule has 0 aliphatic heterocycles. The van der Waals surface area contributed by atoms with Gasteiger partial charge in [-0.25, -0.2) is 0 Å². The van der Waals surface area contributed by atoms with Crippen molar-refractivity contribution in [1.82, 2.24) is 0 Å². The first-order chi connectivity index (χ1) is 11.9. The van der Waals surface area contributed by atoms with Crippen molar-refractivity contribution >= 4 is 10.8 Å². The highest BCUT2D eigenvalue weighted by Gasteiger charge is 2.21. The highest BCUT2D eigenvalue weighted by molar-refractivity contribution is 5.88. The molecule has 1 aliphatic rings. The first-order valence-electron chi connectivity index (χ1n) is 8.26. The van der Waals surface area contributed by atoms with Gasteiger partial charge in [0.2, 0.25) is 0 Å². The summed E-state index contributed by atoms with van der Waals surface area (Å²) in [6.45, 7) is 0. The Kier molecular flexibility index (Phi) is 2.92. The van der Waals surface area contributed by atoms with Gasteiger partial charge in [-0.2, -0.15) is 0 Å². The molecule has 1 aliphatic carbocycles. The summed E-state index contributed by atoms with van der Waals surface area (Å²) in [5, 5.41) is 2.35. The quantitative estimate of drug-likeness (QED) is 0.377. The molecule has 0 heterocycles. The van der Waals surface area contributed by atoms with Gasteiger partial charge in [-0.15, -0.1) is 0 Å². The lowest BCUT2D eigenvalue weighted by molar-refractivity contribution is 0.484. The van der Waals surface area contributed by atoms with Gasteiger partial charge in [0.05, 0.1) is 0 Å². The number of fused-ring (bicyclic) bond motifs is 4. The Hall–Kier alpha value is -3.06. The van der Waals surface area contributed by atoms with Gasteiger partial charge < -0.3 is 4.74 Å². The van der Waals surface area contributed by atoms with Gasteiger partial charge in [-0.3, -0.25) is 0 Å². The summed E-state index contributed by atoms with van der Waals surface area (Å²) in [6.07, 6.45) is 0.937. The van der Waals surface area contributed by atoms with Crippen molar-refractivity contribution in [2.24, 2.45) is 0 Å². The van der Waals surface area contributed by atoms with E-state index in [2.05, 4.69) is 78.9 Å². The molecule has 4 aromatic carbocycles. The van der Waals surface area contributed by atoms with Crippen LogP contribution in [0.4, 0.5) is 0 Å². The standard InChI is InChI=1S/C23H16O/c1-4-11-19-16(7-1)9-5-13-22(19)24-23-14-6-12-20-18-10-3-2-8-17(18)15-21(20)23/h1-14H,15H2. The van der Waals surface area contributed by atoms with Crippen LogP contribution in [-0.4, -0.2) is 0 Å². The van der Waals surface area contributed by atoms with Crippen LogP contribution in [0, 0.1) is 0 Å². The second-order valence-corrected chi connectivity index (χ2v) is 6.20. The van der Waals surface area contributed by atoms with Gasteiger partial charge in [0.1, 0.15) is 11.5 Å². The van der Waals surface area contributed by atoms with Crippen LogP contribution in [0.5, 0.6) is 11.5 Å². The lowest BCUT2D eigenvalue weighted by Crippen LogP contribution is -1.91. The second kappa shape index (κ2) is 5.24. The molecule has 0 radical (unpaired) electrons. The first-order valence-corrected chi connectivity index (χ1v) is 8.26. The highest BCUT2D eigenvalue weighted by Crippen LogP contribution is 2.42. The highest BCUT2D eigenvalue weighted by atomic mass is 16.5. The van der Waals surface area contributed by atoms with E-state index in [0.717, 1.165) is 23.3 Å². The molecule has 1 nitrogen and oxygen atoms in total. The van der Waals surface area contributed by atoms with E-state index in [1.54, 1.807) is 0 Å². The number of benzene rings is 4. The van der Waals surface area contributed by atoms with Gasteiger partial charge >= 0.3 is 0 Å². The van der Waals surface area contributed by atoms with E-state index < -0.39 is 0 Å². The SMILES string of the molecule is c1ccc2c(c1)Cc1c(Oc3cccc4ccccc34)cccc1-2. The molecule has 0 fully saturated rings. The van der Waals surface area contributed by atoms with Crippen molar-refractivity contribution in [2.75, 3.05) is 0 Å². The Bertz CT molecular complexity index is 1060. The zero-order valence-electron chi connectivity index (χ0n) is 13.2. The summed E-state index contributed by atoms with van der Waals surface area (Å²) < 4.78 is 6.37. The van der Waals surface area contributed by atoms with E-state index >= 15 is 0 Å². The minimum atomic E-state index is 0.914. The summed E-state index contributed by atoms with van der Waals surface area (Å²) in [6, 6.07) is 29.5. The van der Waals surface area contributed by atoms with E-state index in [0.29, 0.717) is 0 Å². The largest absolute Gasteiger partial charge is 0.456 e. The molecule has 0 unspecified atom stereocenters. The summed E-state index contributed by atoms with van der Waals surface area (Å²) in [5.41, 5.74) is 5.28. The molecule has 0 saturated heterocycles. The zero-order chi connectivity index (χ0) is 15.9. The van der Waals surface area contributed by atoms with E-state index in [9.17, 15) is 0 Å². The maximum atomic E-state index is 6.37. The van der Waals surface area contributed by atoms with Gasteiger partial charge in [0, 0.05) is 17.4 Å². The van der Waals surface area contributed by atoms with Crippen LogP contribution in [0.3, 0.4) is 0 Å². The number of hydrogen-bond acceptors (Lipinski definition) is 1. The van der Waals surface area contributed by atoms with Gasteiger partial charge in [-0.05, 0) is 34.2 Å². The van der Waals surface area contributed by atoms with Crippen LogP contribution in [-0.2, 0) is 6.42 Å². The summed E-state index contributed by atoms with van der Waals surface area (Å²) in [7, 11) is 0. The van der Waals surface area contributed by atoms with Crippen LogP contribution in [0.1, 0.15) is 11.1 Å². The van der Waals surface area contributed by atoms with Crippen LogP contribution >= 0.6 is 0 Å². The zero-order valence-corrected chi connectivity index (χ0v) is 13.2. The molecule has 24 heavy (non-hydrogen) atoms. The van der Waals surface area contributed by atoms with Crippen molar-refractivity contribution in [3.05, 3.63) is 96.1 Å². The molecule has 0 aromatic heterocycles. The molecule has 0 N–H and O–H groups in total. The van der Waals surface area contributed by atoms with Crippen LogP contribution in [0.15, 0.2) is 84.9 Å². The minimum absolute atomic E-state index is 0.914. The van der Waals surface area contributed by atoms with Crippen molar-refractivity contribution in [1.29, 1.82) is 0 Å². The van der Waals surface area contributed by atoms with Gasteiger partial charge in [-0.1, -0.05) is 72.8 Å². The van der Waals surface area contributed by atoms with Crippen LogP contribution in [0.2, 0.25) is 0 Å². The van der Waals surface area contributed by atoms with Crippen LogP contribution in [0.25, 0.3) is 21.9 Å². The summed E-state index contributed by atoms with van der Waals surface area (Å²) in [5.74, 6) is 1.87. The molecule has 0 saturated carbocycles. The summed E-state index contributed by atoms with van der Waals surface area (Å²) >= 11 is 0. The van der Waals surface area contributed by atoms with Gasteiger partial charge in [0.15, 0.2) is 0 Å². The molecule has 1 heteroatoms. The van der Waals surface area contributed by atoms with Crippen LogP contribution < -0.4 is 4.74 Å². The van der Waals surface area contributed by atoms with Crippen molar-refractivity contribution in [3.8, 4) is 22.6 Å². The predicted octanol–water partition coefficient (Wildman–Crippen LogP) is 6.20. The average Bonchev–Trinajstić information content (AvgIpc) is 3.02. The van der Waals surface area contributed by atoms with E-state index in [4.69, 9.17) is 4.74 Å². The normalized spacial score (nSPS) is 12.0. The number of rotatable bonds is 2. The maximum absolute atomic E-state index is 6.37.